The fraction of sp³-hybridized carbons (Fsp3) is 0.250. The van der Waals surface area contributed by atoms with Crippen LogP contribution in [0.1, 0.15) is 19.4 Å². The van der Waals surface area contributed by atoms with Gasteiger partial charge >= 0.3 is 0 Å². The van der Waals surface area contributed by atoms with E-state index in [-0.39, 0.29) is 17.2 Å². The first kappa shape index (κ1) is 12.1. The minimum atomic E-state index is -0.308. The van der Waals surface area contributed by atoms with Gasteiger partial charge in [-0.2, -0.15) is 5.11 Å². The summed E-state index contributed by atoms with van der Waals surface area (Å²) in [4.78, 5) is 11.1. The lowest BCUT2D eigenvalue weighted by Gasteiger charge is -1.99. The molecule has 4 heteroatoms. The second-order valence-electron chi connectivity index (χ2n) is 3.48. The summed E-state index contributed by atoms with van der Waals surface area (Å²) in [5.41, 5.74) is 1.63. The number of allylic oxidation sites excluding steroid dienone is 2. The number of aryl methyl sites for hydroxylation is 1. The molecule has 0 fully saturated rings. The molecule has 4 nitrogen and oxygen atoms in total. The summed E-state index contributed by atoms with van der Waals surface area (Å²) in [6.45, 7) is 4.65. The molecule has 0 heterocycles. The zero-order chi connectivity index (χ0) is 12.1. The first-order valence-corrected chi connectivity index (χ1v) is 4.90. The van der Waals surface area contributed by atoms with Gasteiger partial charge in [-0.25, -0.2) is 0 Å². The number of azo groups is 1. The van der Waals surface area contributed by atoms with E-state index in [1.54, 1.807) is 6.07 Å². The molecule has 0 aromatic heterocycles. The van der Waals surface area contributed by atoms with Crippen LogP contribution in [0.3, 0.4) is 0 Å². The van der Waals surface area contributed by atoms with Gasteiger partial charge in [0.15, 0.2) is 11.5 Å². The van der Waals surface area contributed by atoms with Gasteiger partial charge in [-0.15, -0.1) is 5.11 Å². The average molecular weight is 218 g/mol. The van der Waals surface area contributed by atoms with Crippen molar-refractivity contribution in [3.63, 3.8) is 0 Å². The number of aliphatic hydroxyl groups is 1. The Hall–Kier alpha value is -1.97. The van der Waals surface area contributed by atoms with Gasteiger partial charge in [0.2, 0.25) is 0 Å². The Morgan fingerprint density at radius 1 is 1.25 bits per heavy atom. The van der Waals surface area contributed by atoms with Crippen LogP contribution >= 0.6 is 0 Å². The maximum atomic E-state index is 11.1. The van der Waals surface area contributed by atoms with Crippen LogP contribution in [0.2, 0.25) is 0 Å². The number of rotatable bonds is 3. The van der Waals surface area contributed by atoms with Crippen LogP contribution in [0.25, 0.3) is 0 Å². The Kier molecular flexibility index (Phi) is 3.94. The van der Waals surface area contributed by atoms with Gasteiger partial charge in [-0.05, 0) is 25.5 Å². The maximum absolute atomic E-state index is 11.1. The Bertz CT molecular complexity index is 458. The highest BCUT2D eigenvalue weighted by molar-refractivity contribution is 5.93. The predicted molar refractivity (Wildman–Crippen MR) is 61.7 cm³/mol. The molecule has 1 N–H and O–H groups in total. The molecule has 0 aliphatic heterocycles. The Morgan fingerprint density at radius 3 is 2.38 bits per heavy atom. The second kappa shape index (κ2) is 5.21. The third-order valence-electron chi connectivity index (χ3n) is 2.05. The van der Waals surface area contributed by atoms with E-state index in [0.717, 1.165) is 5.56 Å². The molecule has 0 spiro atoms. The first-order chi connectivity index (χ1) is 7.52. The zero-order valence-corrected chi connectivity index (χ0v) is 9.56. The number of ketones is 1. The zero-order valence-electron chi connectivity index (χ0n) is 9.56. The topological polar surface area (TPSA) is 62.0 Å². The summed E-state index contributed by atoms with van der Waals surface area (Å²) in [7, 11) is 0. The molecule has 0 aliphatic carbocycles. The summed E-state index contributed by atoms with van der Waals surface area (Å²) in [5.74, 6) is -0.429. The van der Waals surface area contributed by atoms with Gasteiger partial charge in [0.25, 0.3) is 0 Å². The highest BCUT2D eigenvalue weighted by Gasteiger charge is 2.06. The molecule has 1 rings (SSSR count). The number of hydrogen-bond donors (Lipinski definition) is 1. The summed E-state index contributed by atoms with van der Waals surface area (Å²) in [5, 5.41) is 16.9. The highest BCUT2D eigenvalue weighted by atomic mass is 16.3. The van der Waals surface area contributed by atoms with Crippen molar-refractivity contribution in [1.82, 2.24) is 0 Å². The van der Waals surface area contributed by atoms with E-state index in [2.05, 4.69) is 10.2 Å². The molecule has 84 valence electrons. The second-order valence-corrected chi connectivity index (χ2v) is 3.48. The average Bonchev–Trinajstić information content (AvgIpc) is 2.20. The largest absolute Gasteiger partial charge is 0.510 e. The van der Waals surface area contributed by atoms with Crippen molar-refractivity contribution in [2.45, 2.75) is 20.8 Å². The lowest BCUT2D eigenvalue weighted by atomic mass is 10.2. The lowest BCUT2D eigenvalue weighted by Crippen LogP contribution is -1.96. The monoisotopic (exact) mass is 218 g/mol. The van der Waals surface area contributed by atoms with Crippen molar-refractivity contribution < 1.29 is 9.90 Å². The van der Waals surface area contributed by atoms with Crippen molar-refractivity contribution in [2.75, 3.05) is 0 Å². The smallest absolute Gasteiger partial charge is 0.183 e. The number of carbonyl (C=O) groups is 1. The molecule has 1 aromatic rings. The predicted octanol–water partition coefficient (Wildman–Crippen LogP) is 3.46. The molecule has 0 amide bonds. The van der Waals surface area contributed by atoms with Crippen LogP contribution in [0.15, 0.2) is 46.0 Å². The van der Waals surface area contributed by atoms with E-state index in [4.69, 9.17) is 0 Å². The van der Waals surface area contributed by atoms with E-state index in [9.17, 15) is 9.90 Å². The minimum Gasteiger partial charge on any atom is -0.510 e. The molecule has 0 saturated heterocycles. The molecule has 0 aliphatic rings. The van der Waals surface area contributed by atoms with Gasteiger partial charge < -0.3 is 5.11 Å². The molecule has 0 radical (unpaired) electrons. The van der Waals surface area contributed by atoms with Gasteiger partial charge in [-0.3, -0.25) is 4.79 Å². The molecular weight excluding hydrogens is 204 g/mol. The normalized spacial score (nSPS) is 12.7. The molecule has 0 saturated carbocycles. The third kappa shape index (κ3) is 3.02. The Balaban J connectivity index is 3.02. The van der Waals surface area contributed by atoms with Crippen LogP contribution in [0.5, 0.6) is 0 Å². The van der Waals surface area contributed by atoms with Crippen LogP contribution < -0.4 is 0 Å². The third-order valence-corrected chi connectivity index (χ3v) is 2.05. The maximum Gasteiger partial charge on any atom is 0.183 e. The van der Waals surface area contributed by atoms with Crippen molar-refractivity contribution in [3.05, 3.63) is 41.3 Å². The summed E-state index contributed by atoms with van der Waals surface area (Å²) < 4.78 is 0. The van der Waals surface area contributed by atoms with E-state index < -0.39 is 0 Å². The fourth-order valence-corrected chi connectivity index (χ4v) is 1.18. The number of benzene rings is 1. The molecule has 0 bridgehead atoms. The Labute approximate surface area is 94.3 Å². The summed E-state index contributed by atoms with van der Waals surface area (Å²) in [6, 6.07) is 7.43. The lowest BCUT2D eigenvalue weighted by molar-refractivity contribution is -0.113. The number of nitrogens with zero attached hydrogens (tertiary/aromatic N) is 2. The van der Waals surface area contributed by atoms with Crippen molar-refractivity contribution in [3.8, 4) is 0 Å². The summed E-state index contributed by atoms with van der Waals surface area (Å²) >= 11 is 0. The van der Waals surface area contributed by atoms with E-state index in [1.807, 2.05) is 25.1 Å². The summed E-state index contributed by atoms with van der Waals surface area (Å²) in [6.07, 6.45) is 0. The van der Waals surface area contributed by atoms with E-state index in [0.29, 0.717) is 5.69 Å². The number of carbonyl (C=O) groups excluding carboxylic acids is 1. The number of hydrogen-bond acceptors (Lipinski definition) is 4. The fourth-order valence-electron chi connectivity index (χ4n) is 1.18. The van der Waals surface area contributed by atoms with E-state index >= 15 is 0 Å². The van der Waals surface area contributed by atoms with Gasteiger partial charge in [-0.1, -0.05) is 18.2 Å². The van der Waals surface area contributed by atoms with Crippen LogP contribution in [0, 0.1) is 6.92 Å². The van der Waals surface area contributed by atoms with Gasteiger partial charge in [0, 0.05) is 6.92 Å². The van der Waals surface area contributed by atoms with Gasteiger partial charge in [0.05, 0.1) is 5.69 Å². The molecule has 0 unspecified atom stereocenters. The molecule has 0 atom stereocenters. The molecule has 16 heavy (non-hydrogen) atoms. The quantitative estimate of drug-likeness (QED) is 0.479. The van der Waals surface area contributed by atoms with Gasteiger partial charge in [0.1, 0.15) is 5.76 Å². The molecular formula is C12H14N2O2. The SMILES string of the molecule is CC(=O)/C(N=Nc1ccccc1C)=C(\C)O. The number of Topliss-reactive ketones (excluding diaryl/α,β-unsaturated/α-hetero) is 1. The highest BCUT2D eigenvalue weighted by Crippen LogP contribution is 2.19. The van der Waals surface area contributed by atoms with Crippen molar-refractivity contribution in [2.24, 2.45) is 10.2 Å². The molecule has 1 aromatic carbocycles. The first-order valence-electron chi connectivity index (χ1n) is 4.90. The number of aliphatic hydroxyl groups excluding tert-OH is 1. The van der Waals surface area contributed by atoms with Crippen LogP contribution in [0.4, 0.5) is 5.69 Å². The van der Waals surface area contributed by atoms with Crippen LogP contribution in [-0.2, 0) is 4.79 Å². The van der Waals surface area contributed by atoms with E-state index in [1.165, 1.54) is 13.8 Å². The van der Waals surface area contributed by atoms with Crippen molar-refractivity contribution in [1.29, 1.82) is 0 Å². The van der Waals surface area contributed by atoms with Crippen molar-refractivity contribution >= 4 is 11.5 Å². The Morgan fingerprint density at radius 2 is 1.88 bits per heavy atom. The minimum absolute atomic E-state index is 0.0109. The standard InChI is InChI=1S/C12H14N2O2/c1-8-6-4-5-7-11(8)13-14-12(9(2)15)10(3)16/h4-7,15H,1-3H3/b12-9-,14-13?. The van der Waals surface area contributed by atoms with Crippen LogP contribution in [-0.4, -0.2) is 10.9 Å².